The molecule has 0 saturated carbocycles. The van der Waals surface area contributed by atoms with Crippen LogP contribution in [0.5, 0.6) is 0 Å². The number of rotatable bonds is 5. The van der Waals surface area contributed by atoms with Gasteiger partial charge in [0.05, 0.1) is 11.4 Å². The molecule has 5 nitrogen and oxygen atoms in total. The summed E-state index contributed by atoms with van der Waals surface area (Å²) in [5.74, 6) is -0.337. The molecule has 0 radical (unpaired) electrons. The number of likely N-dealkylation sites (tertiary alicyclic amines) is 1. The first-order valence-corrected chi connectivity index (χ1v) is 11.9. The molecule has 3 aromatic rings. The Morgan fingerprint density at radius 3 is 2.44 bits per heavy atom. The Labute approximate surface area is 196 Å². The molecular weight excluding hydrogens is 468 g/mol. The Balaban J connectivity index is 1.54. The summed E-state index contributed by atoms with van der Waals surface area (Å²) in [6.45, 7) is 9.10. The van der Waals surface area contributed by atoms with Crippen molar-refractivity contribution in [3.05, 3.63) is 80.1 Å². The first-order valence-electron chi connectivity index (χ1n) is 11.1. The van der Waals surface area contributed by atoms with E-state index in [9.17, 15) is 9.59 Å². The van der Waals surface area contributed by atoms with Crippen LogP contribution in [0.4, 0.5) is 0 Å². The molecule has 2 aromatic carbocycles. The van der Waals surface area contributed by atoms with Gasteiger partial charge in [0, 0.05) is 17.1 Å². The standard InChI is InChI=1S/C26H29BrN2O3/c1-26(2,3)18-8-6-17(7-9-18)21(29-12-4-5-13-29)16-28-25(31)24-15-22(30)20-14-19(27)10-11-23(20)32-24/h6-11,14-15,21H,4-5,12-13,16H2,1-3H3,(H,28,31). The third-order valence-electron chi connectivity index (χ3n) is 6.11. The number of carbonyl (C=O) groups excluding carboxylic acids is 1. The van der Waals surface area contributed by atoms with Crippen molar-refractivity contribution < 1.29 is 9.21 Å². The second kappa shape index (κ2) is 9.20. The zero-order valence-electron chi connectivity index (χ0n) is 18.8. The number of carbonyl (C=O) groups is 1. The molecular formula is C26H29BrN2O3. The number of hydrogen-bond donors (Lipinski definition) is 1. The number of nitrogens with zero attached hydrogens (tertiary/aromatic N) is 1. The molecule has 168 valence electrons. The minimum Gasteiger partial charge on any atom is -0.451 e. The Morgan fingerprint density at radius 1 is 1.09 bits per heavy atom. The molecule has 1 aliphatic rings. The van der Waals surface area contributed by atoms with Crippen LogP contribution in [0.1, 0.15) is 61.3 Å². The van der Waals surface area contributed by atoms with Crippen molar-refractivity contribution in [1.82, 2.24) is 10.2 Å². The van der Waals surface area contributed by atoms with Crippen molar-refractivity contribution in [3.8, 4) is 0 Å². The highest BCUT2D eigenvalue weighted by molar-refractivity contribution is 9.10. The van der Waals surface area contributed by atoms with Gasteiger partial charge in [-0.2, -0.15) is 0 Å². The summed E-state index contributed by atoms with van der Waals surface area (Å²) in [5.41, 5.74) is 2.74. The number of benzene rings is 2. The summed E-state index contributed by atoms with van der Waals surface area (Å²) in [4.78, 5) is 27.8. The third kappa shape index (κ3) is 4.97. The number of halogens is 1. The minimum atomic E-state index is -0.373. The molecule has 6 heteroatoms. The van der Waals surface area contributed by atoms with Crippen LogP contribution in [0.15, 0.2) is 62.2 Å². The average molecular weight is 497 g/mol. The van der Waals surface area contributed by atoms with E-state index in [2.05, 4.69) is 71.2 Å². The van der Waals surface area contributed by atoms with Crippen LogP contribution in [0, 0.1) is 0 Å². The third-order valence-corrected chi connectivity index (χ3v) is 6.61. The molecule has 1 amide bonds. The minimum absolute atomic E-state index is 0.0353. The molecule has 1 aromatic heterocycles. The molecule has 1 aliphatic heterocycles. The summed E-state index contributed by atoms with van der Waals surface area (Å²) >= 11 is 3.36. The lowest BCUT2D eigenvalue weighted by Gasteiger charge is -2.29. The van der Waals surface area contributed by atoms with Crippen LogP contribution in [-0.4, -0.2) is 30.4 Å². The second-order valence-corrected chi connectivity index (χ2v) is 10.4. The van der Waals surface area contributed by atoms with Gasteiger partial charge in [0.25, 0.3) is 5.91 Å². The average Bonchev–Trinajstić information content (AvgIpc) is 3.28. The van der Waals surface area contributed by atoms with Gasteiger partial charge in [0.1, 0.15) is 5.58 Å². The van der Waals surface area contributed by atoms with Crippen LogP contribution in [0.2, 0.25) is 0 Å². The molecule has 1 saturated heterocycles. The van der Waals surface area contributed by atoms with E-state index in [-0.39, 0.29) is 28.6 Å². The zero-order chi connectivity index (χ0) is 22.9. The van der Waals surface area contributed by atoms with E-state index < -0.39 is 0 Å². The monoisotopic (exact) mass is 496 g/mol. The van der Waals surface area contributed by atoms with Crippen molar-refractivity contribution >= 4 is 32.8 Å². The highest BCUT2D eigenvalue weighted by Crippen LogP contribution is 2.28. The molecule has 0 spiro atoms. The smallest absolute Gasteiger partial charge is 0.287 e. The highest BCUT2D eigenvalue weighted by atomic mass is 79.9. The Hall–Kier alpha value is -2.44. The zero-order valence-corrected chi connectivity index (χ0v) is 20.4. The van der Waals surface area contributed by atoms with Gasteiger partial charge < -0.3 is 9.73 Å². The topological polar surface area (TPSA) is 62.6 Å². The van der Waals surface area contributed by atoms with Crippen LogP contribution < -0.4 is 10.7 Å². The van der Waals surface area contributed by atoms with Crippen LogP contribution >= 0.6 is 15.9 Å². The number of nitrogens with one attached hydrogen (secondary N) is 1. The van der Waals surface area contributed by atoms with Crippen LogP contribution in [0.3, 0.4) is 0 Å². The van der Waals surface area contributed by atoms with Gasteiger partial charge >= 0.3 is 0 Å². The summed E-state index contributed by atoms with van der Waals surface area (Å²) in [6.07, 6.45) is 2.33. The van der Waals surface area contributed by atoms with E-state index in [1.54, 1.807) is 18.2 Å². The summed E-state index contributed by atoms with van der Waals surface area (Å²) in [5, 5.41) is 3.45. The summed E-state index contributed by atoms with van der Waals surface area (Å²) in [6, 6.07) is 15.2. The fourth-order valence-corrected chi connectivity index (χ4v) is 4.59. The molecule has 1 atom stereocenters. The van der Waals surface area contributed by atoms with E-state index in [0.29, 0.717) is 17.5 Å². The predicted molar refractivity (Wildman–Crippen MR) is 131 cm³/mol. The molecule has 0 bridgehead atoms. The molecule has 1 unspecified atom stereocenters. The van der Waals surface area contributed by atoms with Crippen molar-refractivity contribution in [1.29, 1.82) is 0 Å². The van der Waals surface area contributed by atoms with E-state index in [1.807, 2.05) is 0 Å². The molecule has 2 heterocycles. The quantitative estimate of drug-likeness (QED) is 0.512. The van der Waals surface area contributed by atoms with E-state index in [0.717, 1.165) is 17.6 Å². The fourth-order valence-electron chi connectivity index (χ4n) is 4.23. The SMILES string of the molecule is CC(C)(C)c1ccc(C(CNC(=O)c2cc(=O)c3cc(Br)ccc3o2)N2CCCC2)cc1. The predicted octanol–water partition coefficient (Wildman–Crippen LogP) is 5.42. The lowest BCUT2D eigenvalue weighted by Crippen LogP contribution is -2.37. The molecule has 4 rings (SSSR count). The molecule has 1 fully saturated rings. The lowest BCUT2D eigenvalue weighted by molar-refractivity contribution is 0.0910. The maximum absolute atomic E-state index is 12.9. The Bertz CT molecular complexity index is 1170. The van der Waals surface area contributed by atoms with Crippen LogP contribution in [-0.2, 0) is 5.41 Å². The Kier molecular flexibility index (Phi) is 6.54. The summed E-state index contributed by atoms with van der Waals surface area (Å²) < 4.78 is 6.52. The highest BCUT2D eigenvalue weighted by Gasteiger charge is 2.25. The van der Waals surface area contributed by atoms with Gasteiger partial charge in [0.2, 0.25) is 0 Å². The number of amides is 1. The lowest BCUT2D eigenvalue weighted by atomic mass is 9.86. The molecule has 1 N–H and O–H groups in total. The molecule has 32 heavy (non-hydrogen) atoms. The first kappa shape index (κ1) is 22.7. The normalized spacial score (nSPS) is 15.8. The summed E-state index contributed by atoms with van der Waals surface area (Å²) in [7, 11) is 0. The van der Waals surface area contributed by atoms with Gasteiger partial charge in [-0.3, -0.25) is 14.5 Å². The second-order valence-electron chi connectivity index (χ2n) is 9.46. The number of fused-ring (bicyclic) bond motifs is 1. The first-order chi connectivity index (χ1) is 15.2. The molecule has 0 aliphatic carbocycles. The van der Waals surface area contributed by atoms with Crippen molar-refractivity contribution in [2.24, 2.45) is 0 Å². The maximum Gasteiger partial charge on any atom is 0.287 e. The van der Waals surface area contributed by atoms with Crippen molar-refractivity contribution in [2.75, 3.05) is 19.6 Å². The van der Waals surface area contributed by atoms with Gasteiger partial charge in [-0.1, -0.05) is 61.0 Å². The largest absolute Gasteiger partial charge is 0.451 e. The fraction of sp³-hybridized carbons (Fsp3) is 0.385. The number of hydrogen-bond acceptors (Lipinski definition) is 4. The van der Waals surface area contributed by atoms with Gasteiger partial charge in [-0.05, 0) is 60.7 Å². The van der Waals surface area contributed by atoms with Crippen molar-refractivity contribution in [3.63, 3.8) is 0 Å². The van der Waals surface area contributed by atoms with Gasteiger partial charge in [-0.15, -0.1) is 0 Å². The van der Waals surface area contributed by atoms with E-state index in [4.69, 9.17) is 4.42 Å². The maximum atomic E-state index is 12.9. The van der Waals surface area contributed by atoms with Gasteiger partial charge in [0.15, 0.2) is 11.2 Å². The van der Waals surface area contributed by atoms with Crippen LogP contribution in [0.25, 0.3) is 11.0 Å². The van der Waals surface area contributed by atoms with Crippen molar-refractivity contribution in [2.45, 2.75) is 45.1 Å². The van der Waals surface area contributed by atoms with E-state index >= 15 is 0 Å². The van der Waals surface area contributed by atoms with E-state index in [1.165, 1.54) is 30.0 Å². The van der Waals surface area contributed by atoms with Gasteiger partial charge in [-0.25, -0.2) is 0 Å². The Morgan fingerprint density at radius 2 is 1.78 bits per heavy atom.